The number of nitrogens with one attached hydrogen (secondary N) is 1. The van der Waals surface area contributed by atoms with Crippen LogP contribution in [0.2, 0.25) is 0 Å². The van der Waals surface area contributed by atoms with E-state index < -0.39 is 5.87 Å². The lowest BCUT2D eigenvalue weighted by Crippen LogP contribution is -2.30. The zero-order chi connectivity index (χ0) is 7.82. The molecule has 1 aliphatic rings. The van der Waals surface area contributed by atoms with Gasteiger partial charge in [-0.15, -0.1) is 0 Å². The van der Waals surface area contributed by atoms with Crippen LogP contribution in [0.1, 0.15) is 0 Å². The van der Waals surface area contributed by atoms with Crippen molar-refractivity contribution < 1.29 is 14.6 Å². The molecule has 2 radical (unpaired) electrons. The predicted octanol–water partition coefficient (Wildman–Crippen LogP) is -0.561. The third-order valence-corrected chi connectivity index (χ3v) is 0.846. The van der Waals surface area contributed by atoms with E-state index in [2.05, 4.69) is 13.2 Å². The van der Waals surface area contributed by atoms with E-state index in [0.717, 1.165) is 26.3 Å². The molecule has 4 nitrogen and oxygen atoms in total. The summed E-state index contributed by atoms with van der Waals surface area (Å²) in [6.45, 7) is 3.83. The molecule has 56 valence electrons. The molecular formula is C5H10BNO3. The SMILES string of the molecule is C1COCCN1.[B]C(=O)O. The molecule has 1 saturated heterocycles. The molecule has 5 heteroatoms. The summed E-state index contributed by atoms with van der Waals surface area (Å²) in [6.07, 6.45) is 0. The van der Waals surface area contributed by atoms with E-state index in [1.165, 1.54) is 0 Å². The second kappa shape index (κ2) is 6.57. The van der Waals surface area contributed by atoms with Crippen molar-refractivity contribution in [2.45, 2.75) is 0 Å². The Morgan fingerprint density at radius 2 is 1.90 bits per heavy atom. The fraction of sp³-hybridized carbons (Fsp3) is 0.800. The van der Waals surface area contributed by atoms with Crippen LogP contribution in [0.3, 0.4) is 0 Å². The average Bonchev–Trinajstić information content (AvgIpc) is 1.90. The van der Waals surface area contributed by atoms with Crippen molar-refractivity contribution in [3.63, 3.8) is 0 Å². The molecule has 0 unspecified atom stereocenters. The van der Waals surface area contributed by atoms with E-state index in [0.29, 0.717) is 0 Å². The van der Waals surface area contributed by atoms with Crippen molar-refractivity contribution in [1.29, 1.82) is 0 Å². The highest BCUT2D eigenvalue weighted by molar-refractivity contribution is 6.54. The van der Waals surface area contributed by atoms with E-state index in [4.69, 9.17) is 14.6 Å². The molecule has 0 bridgehead atoms. The molecule has 0 aromatic rings. The molecule has 0 amide bonds. The Hall–Kier alpha value is -0.545. The summed E-state index contributed by atoms with van der Waals surface area (Å²) >= 11 is 0. The summed E-state index contributed by atoms with van der Waals surface area (Å²) in [6, 6.07) is 0. The maximum atomic E-state index is 8.78. The van der Waals surface area contributed by atoms with Crippen LogP contribution in [0.15, 0.2) is 0 Å². The van der Waals surface area contributed by atoms with Crippen LogP contribution in [0.4, 0.5) is 4.79 Å². The van der Waals surface area contributed by atoms with Gasteiger partial charge in [-0.05, 0) is 0 Å². The molecule has 0 saturated carbocycles. The lowest BCUT2D eigenvalue weighted by molar-refractivity contribution is 0.109. The van der Waals surface area contributed by atoms with Gasteiger partial charge in [0.15, 0.2) is 0 Å². The molecule has 1 fully saturated rings. The molecule has 10 heavy (non-hydrogen) atoms. The second-order valence-electron chi connectivity index (χ2n) is 1.70. The first-order valence-electron chi connectivity index (χ1n) is 3.00. The minimum Gasteiger partial charge on any atom is -0.490 e. The Morgan fingerprint density at radius 3 is 2.00 bits per heavy atom. The summed E-state index contributed by atoms with van der Waals surface area (Å²) in [5.74, 6) is -1.33. The van der Waals surface area contributed by atoms with Crippen molar-refractivity contribution in [1.82, 2.24) is 5.32 Å². The summed E-state index contributed by atoms with van der Waals surface area (Å²) < 4.78 is 5.01. The van der Waals surface area contributed by atoms with Crippen molar-refractivity contribution in [2.24, 2.45) is 0 Å². The second-order valence-corrected chi connectivity index (χ2v) is 1.70. The third kappa shape index (κ3) is 10.4. The van der Waals surface area contributed by atoms with Crippen molar-refractivity contribution >= 4 is 13.7 Å². The van der Waals surface area contributed by atoms with Crippen molar-refractivity contribution in [3.05, 3.63) is 0 Å². The van der Waals surface area contributed by atoms with E-state index in [1.54, 1.807) is 0 Å². The molecule has 0 atom stereocenters. The Morgan fingerprint density at radius 1 is 1.50 bits per heavy atom. The van der Waals surface area contributed by atoms with Crippen LogP contribution in [0.5, 0.6) is 0 Å². The van der Waals surface area contributed by atoms with Gasteiger partial charge >= 0.3 is 0 Å². The fourth-order valence-corrected chi connectivity index (χ4v) is 0.516. The van der Waals surface area contributed by atoms with Crippen LogP contribution in [-0.2, 0) is 4.74 Å². The van der Waals surface area contributed by atoms with Crippen LogP contribution in [0.25, 0.3) is 0 Å². The highest BCUT2D eigenvalue weighted by Gasteiger charge is 1.92. The zero-order valence-corrected chi connectivity index (χ0v) is 5.67. The number of ether oxygens (including phenoxy) is 1. The maximum absolute atomic E-state index is 8.78. The highest BCUT2D eigenvalue weighted by Crippen LogP contribution is 1.76. The molecule has 2 N–H and O–H groups in total. The van der Waals surface area contributed by atoms with Gasteiger partial charge in [-0.1, -0.05) is 0 Å². The van der Waals surface area contributed by atoms with E-state index in [-0.39, 0.29) is 0 Å². The highest BCUT2D eigenvalue weighted by atomic mass is 16.5. The topological polar surface area (TPSA) is 58.6 Å². The molecular weight excluding hydrogens is 133 g/mol. The Balaban J connectivity index is 0.000000180. The van der Waals surface area contributed by atoms with E-state index in [9.17, 15) is 0 Å². The first-order chi connectivity index (χ1) is 4.73. The zero-order valence-electron chi connectivity index (χ0n) is 5.67. The lowest BCUT2D eigenvalue weighted by atomic mass is 10.2. The molecule has 0 aromatic carbocycles. The smallest absolute Gasteiger partial charge is 0.233 e. The Bertz CT molecular complexity index is 79.4. The van der Waals surface area contributed by atoms with Gasteiger partial charge in [-0.2, -0.15) is 0 Å². The summed E-state index contributed by atoms with van der Waals surface area (Å²) in [5.41, 5.74) is 0. The molecule has 1 rings (SSSR count). The minimum atomic E-state index is -1.33. The number of carboxylic acid groups (broad SMARTS) is 1. The monoisotopic (exact) mass is 143 g/mol. The lowest BCUT2D eigenvalue weighted by Gasteiger charge is -2.10. The van der Waals surface area contributed by atoms with Gasteiger partial charge in [0, 0.05) is 13.1 Å². The number of hydrogen-bond donors (Lipinski definition) is 2. The van der Waals surface area contributed by atoms with Gasteiger partial charge in [-0.25, -0.2) is 0 Å². The number of hydrogen-bond acceptors (Lipinski definition) is 3. The van der Waals surface area contributed by atoms with Crippen LogP contribution in [-0.4, -0.2) is 45.1 Å². The summed E-state index contributed by atoms with van der Waals surface area (Å²) in [7, 11) is 4.03. The van der Waals surface area contributed by atoms with Crippen LogP contribution >= 0.6 is 0 Å². The fourth-order valence-electron chi connectivity index (χ4n) is 0.516. The summed E-state index contributed by atoms with van der Waals surface area (Å²) in [5, 5.41) is 10.4. The summed E-state index contributed by atoms with van der Waals surface area (Å²) in [4.78, 5) is 8.78. The Kier molecular flexibility index (Phi) is 6.21. The minimum absolute atomic E-state index is 0.889. The Labute approximate surface area is 61.0 Å². The molecule has 0 aliphatic carbocycles. The van der Waals surface area contributed by atoms with Gasteiger partial charge in [0.25, 0.3) is 0 Å². The molecule has 0 aromatic heterocycles. The van der Waals surface area contributed by atoms with Crippen molar-refractivity contribution in [2.75, 3.05) is 26.3 Å². The number of rotatable bonds is 0. The van der Waals surface area contributed by atoms with Crippen LogP contribution in [0, 0.1) is 0 Å². The molecule has 1 heterocycles. The van der Waals surface area contributed by atoms with E-state index in [1.807, 2.05) is 0 Å². The maximum Gasteiger partial charge on any atom is 0.233 e. The van der Waals surface area contributed by atoms with Crippen LogP contribution < -0.4 is 5.32 Å². The molecule has 0 spiro atoms. The largest absolute Gasteiger partial charge is 0.490 e. The van der Waals surface area contributed by atoms with Gasteiger partial charge in [-0.3, -0.25) is 4.79 Å². The predicted molar refractivity (Wildman–Crippen MR) is 37.5 cm³/mol. The standard InChI is InChI=1S/C4H9NO.CHBO2/c1-3-6-4-2-5-1;2-1(3)4/h5H,1-4H2;(H,3,4). The van der Waals surface area contributed by atoms with Gasteiger partial charge in [0.2, 0.25) is 13.7 Å². The first-order valence-corrected chi connectivity index (χ1v) is 3.00. The number of carbonyl (C=O) groups is 1. The van der Waals surface area contributed by atoms with Gasteiger partial charge in [0.05, 0.1) is 13.2 Å². The third-order valence-electron chi connectivity index (χ3n) is 0.846. The van der Waals surface area contributed by atoms with E-state index >= 15 is 0 Å². The first kappa shape index (κ1) is 9.45. The van der Waals surface area contributed by atoms with Gasteiger partial charge < -0.3 is 15.2 Å². The van der Waals surface area contributed by atoms with Gasteiger partial charge in [0.1, 0.15) is 0 Å². The quantitative estimate of drug-likeness (QED) is 0.446. The average molecular weight is 143 g/mol. The molecule has 1 aliphatic heterocycles. The number of morpholine rings is 1. The normalized spacial score (nSPS) is 16.8. The van der Waals surface area contributed by atoms with Crippen molar-refractivity contribution in [3.8, 4) is 0 Å².